The maximum Gasteiger partial charge on any atom is 0.357 e. The van der Waals surface area contributed by atoms with E-state index in [1.54, 1.807) is 18.2 Å². The molecule has 4 rings (SSSR count). The molecular formula is C15H12N2O6. The number of rotatable bonds is 5. The Morgan fingerprint density at radius 2 is 1.83 bits per heavy atom. The molecule has 0 aliphatic heterocycles. The van der Waals surface area contributed by atoms with E-state index in [-0.39, 0.29) is 5.69 Å². The summed E-state index contributed by atoms with van der Waals surface area (Å²) in [6.07, 6.45) is 1.79. The molecule has 0 fully saturated rings. The summed E-state index contributed by atoms with van der Waals surface area (Å²) in [4.78, 5) is 17.6. The average molecular weight is 316 g/mol. The molecule has 8 nitrogen and oxygen atoms in total. The van der Waals surface area contributed by atoms with Gasteiger partial charge in [0.1, 0.15) is 5.69 Å². The monoisotopic (exact) mass is 316 g/mol. The number of nitrogens with one attached hydrogen (secondary N) is 2. The minimum absolute atomic E-state index is 0.245. The van der Waals surface area contributed by atoms with E-state index in [1.165, 1.54) is 18.6 Å². The van der Waals surface area contributed by atoms with Gasteiger partial charge < -0.3 is 33.4 Å². The molecule has 8 heteroatoms. The van der Waals surface area contributed by atoms with E-state index in [0.717, 1.165) is 5.52 Å². The molecule has 1 atom stereocenters. The number of hydrogen-bond donors (Lipinski definition) is 3. The Bertz CT molecular complexity index is 902. The van der Waals surface area contributed by atoms with Crippen molar-refractivity contribution in [3.05, 3.63) is 48.2 Å². The first-order valence-electron chi connectivity index (χ1n) is 6.80. The van der Waals surface area contributed by atoms with Crippen LogP contribution in [0.1, 0.15) is 22.5 Å². The van der Waals surface area contributed by atoms with Crippen LogP contribution >= 0.6 is 0 Å². The first-order valence-corrected chi connectivity index (χ1v) is 6.80. The van der Waals surface area contributed by atoms with Gasteiger partial charge in [0.25, 0.3) is 0 Å². The zero-order valence-corrected chi connectivity index (χ0v) is 11.7. The number of aliphatic hydroxyl groups is 1. The van der Waals surface area contributed by atoms with Crippen LogP contribution in [0.15, 0.2) is 45.6 Å². The highest BCUT2D eigenvalue weighted by molar-refractivity contribution is 5.93. The maximum absolute atomic E-state index is 11.9. The van der Waals surface area contributed by atoms with Crippen LogP contribution in [0.4, 0.5) is 0 Å². The molecule has 0 aliphatic rings. The molecule has 0 aliphatic carbocycles. The first-order chi connectivity index (χ1) is 11.2. The van der Waals surface area contributed by atoms with Gasteiger partial charge in [-0.15, -0.1) is 0 Å². The normalized spacial score (nSPS) is 12.9. The molecular weight excluding hydrogens is 304 g/mol. The predicted octanol–water partition coefficient (Wildman–Crippen LogP) is 2.66. The van der Waals surface area contributed by atoms with Gasteiger partial charge in [-0.05, 0) is 0 Å². The molecule has 0 aromatic carbocycles. The third-order valence-electron chi connectivity index (χ3n) is 3.40. The Morgan fingerprint density at radius 3 is 2.52 bits per heavy atom. The topological polar surface area (TPSA) is 114 Å². The van der Waals surface area contributed by atoms with E-state index in [1.807, 2.05) is 0 Å². The number of furan rings is 2. The smallest absolute Gasteiger partial charge is 0.357 e. The number of aromatic amines is 2. The summed E-state index contributed by atoms with van der Waals surface area (Å²) in [6.45, 7) is -0.402. The molecule has 4 aromatic rings. The van der Waals surface area contributed by atoms with Crippen molar-refractivity contribution < 1.29 is 28.2 Å². The third kappa shape index (κ3) is 2.50. The molecule has 23 heavy (non-hydrogen) atoms. The SMILES string of the molecule is O=C(OCOC(O)c1cc2occc2[nH]1)c1cc2occc2[nH]1. The van der Waals surface area contributed by atoms with E-state index in [0.29, 0.717) is 22.4 Å². The Kier molecular flexibility index (Phi) is 3.18. The lowest BCUT2D eigenvalue weighted by Crippen LogP contribution is -2.12. The second-order valence-corrected chi connectivity index (χ2v) is 4.87. The molecule has 118 valence electrons. The van der Waals surface area contributed by atoms with Crippen LogP contribution in [-0.2, 0) is 9.47 Å². The molecule has 4 aromatic heterocycles. The molecule has 1 unspecified atom stereocenters. The van der Waals surface area contributed by atoms with Crippen LogP contribution in [0.2, 0.25) is 0 Å². The lowest BCUT2D eigenvalue weighted by Gasteiger charge is -2.10. The van der Waals surface area contributed by atoms with Crippen molar-refractivity contribution in [2.24, 2.45) is 0 Å². The zero-order chi connectivity index (χ0) is 15.8. The second-order valence-electron chi connectivity index (χ2n) is 4.87. The van der Waals surface area contributed by atoms with Gasteiger partial charge in [-0.3, -0.25) is 0 Å². The summed E-state index contributed by atoms with van der Waals surface area (Å²) in [5.41, 5.74) is 3.27. The fourth-order valence-electron chi connectivity index (χ4n) is 2.28. The van der Waals surface area contributed by atoms with Gasteiger partial charge in [0.15, 0.2) is 24.2 Å². The van der Waals surface area contributed by atoms with E-state index in [4.69, 9.17) is 18.3 Å². The summed E-state index contributed by atoms with van der Waals surface area (Å²) >= 11 is 0. The summed E-state index contributed by atoms with van der Waals surface area (Å²) in [5, 5.41) is 9.90. The van der Waals surface area contributed by atoms with Crippen molar-refractivity contribution in [2.45, 2.75) is 6.29 Å². The van der Waals surface area contributed by atoms with Crippen molar-refractivity contribution >= 4 is 28.2 Å². The van der Waals surface area contributed by atoms with Gasteiger partial charge >= 0.3 is 5.97 Å². The highest BCUT2D eigenvalue weighted by Crippen LogP contribution is 2.21. The van der Waals surface area contributed by atoms with E-state index >= 15 is 0 Å². The quantitative estimate of drug-likeness (QED) is 0.385. The Labute approximate surface area is 128 Å². The first kappa shape index (κ1) is 13.7. The lowest BCUT2D eigenvalue weighted by molar-refractivity contribution is -0.158. The fourth-order valence-corrected chi connectivity index (χ4v) is 2.28. The lowest BCUT2D eigenvalue weighted by atomic mass is 10.4. The van der Waals surface area contributed by atoms with Crippen molar-refractivity contribution in [1.82, 2.24) is 9.97 Å². The van der Waals surface area contributed by atoms with Crippen molar-refractivity contribution in [2.75, 3.05) is 6.79 Å². The van der Waals surface area contributed by atoms with Gasteiger partial charge in [0.2, 0.25) is 0 Å². The van der Waals surface area contributed by atoms with Crippen molar-refractivity contribution in [3.63, 3.8) is 0 Å². The zero-order valence-electron chi connectivity index (χ0n) is 11.7. The second kappa shape index (κ2) is 5.34. The van der Waals surface area contributed by atoms with Gasteiger partial charge in [0.05, 0.1) is 29.3 Å². The largest absolute Gasteiger partial charge is 0.463 e. The molecule has 4 heterocycles. The van der Waals surface area contributed by atoms with Gasteiger partial charge in [-0.25, -0.2) is 4.79 Å². The number of ether oxygens (including phenoxy) is 2. The molecule has 0 amide bonds. The van der Waals surface area contributed by atoms with E-state index < -0.39 is 19.1 Å². The molecule has 0 saturated carbocycles. The van der Waals surface area contributed by atoms with Crippen molar-refractivity contribution in [3.8, 4) is 0 Å². The summed E-state index contributed by atoms with van der Waals surface area (Å²) < 4.78 is 20.3. The van der Waals surface area contributed by atoms with Crippen LogP contribution in [0.25, 0.3) is 22.2 Å². The number of fused-ring (bicyclic) bond motifs is 2. The molecule has 3 N–H and O–H groups in total. The molecule has 0 saturated heterocycles. The molecule has 0 bridgehead atoms. The number of hydrogen-bond acceptors (Lipinski definition) is 6. The Balaban J connectivity index is 1.34. The van der Waals surface area contributed by atoms with Crippen LogP contribution in [0.5, 0.6) is 0 Å². The summed E-state index contributed by atoms with van der Waals surface area (Å²) in [5.74, 6) is -0.608. The minimum Gasteiger partial charge on any atom is -0.463 e. The fraction of sp³-hybridized carbons (Fsp3) is 0.133. The van der Waals surface area contributed by atoms with Gasteiger partial charge in [-0.2, -0.15) is 0 Å². The molecule has 0 radical (unpaired) electrons. The average Bonchev–Trinajstić information content (AvgIpc) is 3.25. The van der Waals surface area contributed by atoms with E-state index in [2.05, 4.69) is 9.97 Å². The standard InChI is InChI=1S/C15H12N2O6/c18-14(10-5-12-8(16-10)1-3-20-12)22-7-23-15(19)11-6-13-9(17-11)2-4-21-13/h1-6,14,16-18H,7H2. The third-order valence-corrected chi connectivity index (χ3v) is 3.40. The van der Waals surface area contributed by atoms with Crippen LogP contribution in [0, 0.1) is 0 Å². The Morgan fingerprint density at radius 1 is 1.13 bits per heavy atom. The number of aromatic nitrogens is 2. The summed E-state index contributed by atoms with van der Waals surface area (Å²) in [6, 6.07) is 6.58. The minimum atomic E-state index is -1.26. The predicted molar refractivity (Wildman–Crippen MR) is 77.5 cm³/mol. The summed E-state index contributed by atoms with van der Waals surface area (Å²) in [7, 11) is 0. The van der Waals surface area contributed by atoms with Crippen LogP contribution in [-0.4, -0.2) is 27.8 Å². The van der Waals surface area contributed by atoms with Crippen LogP contribution in [0.3, 0.4) is 0 Å². The van der Waals surface area contributed by atoms with E-state index in [9.17, 15) is 9.90 Å². The number of H-pyrrole nitrogens is 2. The number of aliphatic hydroxyl groups excluding tert-OH is 1. The van der Waals surface area contributed by atoms with Crippen molar-refractivity contribution in [1.29, 1.82) is 0 Å². The number of carbonyl (C=O) groups excluding carboxylic acids is 1. The highest BCUT2D eigenvalue weighted by atomic mass is 16.7. The van der Waals surface area contributed by atoms with Gasteiger partial charge in [0, 0.05) is 24.3 Å². The van der Waals surface area contributed by atoms with Crippen LogP contribution < -0.4 is 0 Å². The Hall–Kier alpha value is -2.97. The highest BCUT2D eigenvalue weighted by Gasteiger charge is 2.16. The number of esters is 1. The van der Waals surface area contributed by atoms with Gasteiger partial charge in [-0.1, -0.05) is 0 Å². The maximum atomic E-state index is 11.9. The molecule has 0 spiro atoms. The number of carbonyl (C=O) groups is 1.